The second-order valence-electron chi connectivity index (χ2n) is 5.22. The van der Waals surface area contributed by atoms with E-state index in [-0.39, 0.29) is 13.0 Å². The number of rotatable bonds is 12. The van der Waals surface area contributed by atoms with Crippen LogP contribution in [-0.4, -0.2) is 68.0 Å². The van der Waals surface area contributed by atoms with E-state index in [2.05, 4.69) is 0 Å². The molecule has 0 spiro atoms. The molecular formula is C14H26O8. The fraction of sp³-hybridized carbons (Fsp3) is 0.857. The molecule has 5 N–H and O–H groups in total. The predicted octanol–water partition coefficient (Wildman–Crippen LogP) is -0.0160. The number of carboxylic acids is 2. The van der Waals surface area contributed by atoms with Crippen molar-refractivity contribution >= 4 is 11.9 Å². The molecule has 0 bridgehead atoms. The molecule has 4 atom stereocenters. The number of carbonyl (C=O) groups is 2. The van der Waals surface area contributed by atoms with E-state index in [0.29, 0.717) is 19.3 Å². The number of carboxylic acid groups (broad SMARTS) is 2. The van der Waals surface area contributed by atoms with Crippen molar-refractivity contribution in [3.8, 4) is 0 Å². The van der Waals surface area contributed by atoms with Gasteiger partial charge in [0.15, 0.2) is 11.7 Å². The Labute approximate surface area is 129 Å². The second kappa shape index (κ2) is 9.73. The maximum atomic E-state index is 11.6. The SMILES string of the molecule is CCCCO[C@@](CCCC)(C(=O)O)[C@@H](O)[C@@H](O)[C@H](O)C(=O)O. The van der Waals surface area contributed by atoms with E-state index in [9.17, 15) is 30.0 Å². The molecule has 0 heterocycles. The number of aliphatic hydroxyl groups excluding tert-OH is 3. The summed E-state index contributed by atoms with van der Waals surface area (Å²) in [6, 6.07) is 0. The Morgan fingerprint density at radius 3 is 2.00 bits per heavy atom. The van der Waals surface area contributed by atoms with Gasteiger partial charge in [-0.25, -0.2) is 9.59 Å². The average molecular weight is 322 g/mol. The van der Waals surface area contributed by atoms with Crippen molar-refractivity contribution in [1.29, 1.82) is 0 Å². The topological polar surface area (TPSA) is 145 Å². The molecule has 0 aromatic heterocycles. The van der Waals surface area contributed by atoms with Gasteiger partial charge in [-0.2, -0.15) is 0 Å². The largest absolute Gasteiger partial charge is 0.479 e. The third-order valence-electron chi connectivity index (χ3n) is 3.50. The lowest BCUT2D eigenvalue weighted by atomic mass is 9.85. The molecule has 0 aliphatic heterocycles. The van der Waals surface area contributed by atoms with Crippen molar-refractivity contribution in [1.82, 2.24) is 0 Å². The minimum absolute atomic E-state index is 0.0411. The lowest BCUT2D eigenvalue weighted by Gasteiger charge is -2.37. The first-order valence-corrected chi connectivity index (χ1v) is 7.38. The average Bonchev–Trinajstić information content (AvgIpc) is 2.48. The highest BCUT2D eigenvalue weighted by Crippen LogP contribution is 2.28. The second-order valence-corrected chi connectivity index (χ2v) is 5.22. The summed E-state index contributed by atoms with van der Waals surface area (Å²) in [6.07, 6.45) is -4.35. The van der Waals surface area contributed by atoms with Gasteiger partial charge in [-0.3, -0.25) is 0 Å². The first kappa shape index (κ1) is 20.8. The van der Waals surface area contributed by atoms with Gasteiger partial charge in [-0.15, -0.1) is 0 Å². The smallest absolute Gasteiger partial charge is 0.338 e. The lowest BCUT2D eigenvalue weighted by Crippen LogP contribution is -2.60. The van der Waals surface area contributed by atoms with Gasteiger partial charge < -0.3 is 30.3 Å². The molecule has 22 heavy (non-hydrogen) atoms. The van der Waals surface area contributed by atoms with Gasteiger partial charge in [0, 0.05) is 6.61 Å². The first-order chi connectivity index (χ1) is 10.2. The zero-order valence-corrected chi connectivity index (χ0v) is 12.9. The van der Waals surface area contributed by atoms with Crippen LogP contribution in [0.15, 0.2) is 0 Å². The number of hydrogen-bond donors (Lipinski definition) is 5. The Kier molecular flexibility index (Phi) is 9.19. The third-order valence-corrected chi connectivity index (χ3v) is 3.50. The Morgan fingerprint density at radius 2 is 1.59 bits per heavy atom. The molecule has 0 aliphatic carbocycles. The summed E-state index contributed by atoms with van der Waals surface area (Å²) in [5.74, 6) is -3.25. The van der Waals surface area contributed by atoms with Crippen LogP contribution in [-0.2, 0) is 14.3 Å². The normalized spacial score (nSPS) is 18.2. The lowest BCUT2D eigenvalue weighted by molar-refractivity contribution is -0.208. The highest BCUT2D eigenvalue weighted by atomic mass is 16.5. The predicted molar refractivity (Wildman–Crippen MR) is 76.4 cm³/mol. The Morgan fingerprint density at radius 1 is 1.05 bits per heavy atom. The van der Waals surface area contributed by atoms with Gasteiger partial charge in [0.25, 0.3) is 0 Å². The number of ether oxygens (including phenoxy) is 1. The number of aliphatic carboxylic acids is 2. The fourth-order valence-corrected chi connectivity index (χ4v) is 2.03. The van der Waals surface area contributed by atoms with Crippen molar-refractivity contribution in [2.75, 3.05) is 6.61 Å². The quantitative estimate of drug-likeness (QED) is 0.315. The van der Waals surface area contributed by atoms with Crippen molar-refractivity contribution < 1.29 is 39.9 Å². The Hall–Kier alpha value is -1.22. The maximum absolute atomic E-state index is 11.6. The van der Waals surface area contributed by atoms with E-state index in [1.165, 1.54) is 0 Å². The summed E-state index contributed by atoms with van der Waals surface area (Å²) in [4.78, 5) is 22.3. The van der Waals surface area contributed by atoms with Gasteiger partial charge in [-0.1, -0.05) is 33.1 Å². The first-order valence-electron chi connectivity index (χ1n) is 7.38. The molecule has 0 aliphatic rings. The molecule has 0 aromatic carbocycles. The van der Waals surface area contributed by atoms with Crippen LogP contribution in [0.4, 0.5) is 0 Å². The summed E-state index contributed by atoms with van der Waals surface area (Å²) < 4.78 is 5.33. The third kappa shape index (κ3) is 5.20. The van der Waals surface area contributed by atoms with E-state index >= 15 is 0 Å². The van der Waals surface area contributed by atoms with Gasteiger partial charge >= 0.3 is 11.9 Å². The van der Waals surface area contributed by atoms with Crippen LogP contribution in [0.3, 0.4) is 0 Å². The van der Waals surface area contributed by atoms with E-state index in [4.69, 9.17) is 9.84 Å². The van der Waals surface area contributed by atoms with Gasteiger partial charge in [0.05, 0.1) is 0 Å². The molecule has 0 aromatic rings. The standard InChI is InChI=1S/C14H26O8/c1-3-5-7-14(13(20)21,22-8-6-4-2)11(17)9(15)10(16)12(18)19/h9-11,15-17H,3-8H2,1-2H3,(H,18,19)(H,20,21)/t9-,10-,11-,14+/m0/s1. The van der Waals surface area contributed by atoms with Crippen LogP contribution in [0.5, 0.6) is 0 Å². The molecule has 0 rings (SSSR count). The van der Waals surface area contributed by atoms with E-state index in [1.807, 2.05) is 13.8 Å². The minimum Gasteiger partial charge on any atom is -0.479 e. The molecular weight excluding hydrogens is 296 g/mol. The van der Waals surface area contributed by atoms with Crippen LogP contribution in [0.25, 0.3) is 0 Å². The molecule has 8 nitrogen and oxygen atoms in total. The van der Waals surface area contributed by atoms with E-state index < -0.39 is 35.9 Å². The summed E-state index contributed by atoms with van der Waals surface area (Å²) in [6.45, 7) is 3.73. The maximum Gasteiger partial charge on any atom is 0.338 e. The van der Waals surface area contributed by atoms with E-state index in [1.54, 1.807) is 0 Å². The number of aliphatic hydroxyl groups is 3. The zero-order chi connectivity index (χ0) is 17.3. The van der Waals surface area contributed by atoms with Crippen molar-refractivity contribution in [3.63, 3.8) is 0 Å². The molecule has 8 heteroatoms. The minimum atomic E-state index is -2.30. The van der Waals surface area contributed by atoms with Crippen LogP contribution in [0.1, 0.15) is 46.0 Å². The molecule has 0 saturated heterocycles. The molecule has 0 fully saturated rings. The number of hydrogen-bond acceptors (Lipinski definition) is 6. The molecule has 0 radical (unpaired) electrons. The fourth-order valence-electron chi connectivity index (χ4n) is 2.03. The summed E-state index contributed by atoms with van der Waals surface area (Å²) >= 11 is 0. The molecule has 0 saturated carbocycles. The molecule has 0 unspecified atom stereocenters. The van der Waals surface area contributed by atoms with Crippen LogP contribution in [0.2, 0.25) is 0 Å². The Bertz CT molecular complexity index is 359. The summed E-state index contributed by atoms with van der Waals surface area (Å²) in [7, 11) is 0. The molecule has 130 valence electrons. The van der Waals surface area contributed by atoms with Gasteiger partial charge in [0.2, 0.25) is 0 Å². The van der Waals surface area contributed by atoms with Crippen LogP contribution >= 0.6 is 0 Å². The van der Waals surface area contributed by atoms with Crippen molar-refractivity contribution in [2.24, 2.45) is 0 Å². The summed E-state index contributed by atoms with van der Waals surface area (Å²) in [5.41, 5.74) is -2.15. The van der Waals surface area contributed by atoms with E-state index in [0.717, 1.165) is 6.42 Å². The molecule has 0 amide bonds. The van der Waals surface area contributed by atoms with Crippen LogP contribution in [0, 0.1) is 0 Å². The van der Waals surface area contributed by atoms with Crippen molar-refractivity contribution in [2.45, 2.75) is 69.9 Å². The van der Waals surface area contributed by atoms with Crippen LogP contribution < -0.4 is 0 Å². The highest BCUT2D eigenvalue weighted by molar-refractivity contribution is 5.79. The Balaban J connectivity index is 5.39. The van der Waals surface area contributed by atoms with Gasteiger partial charge in [-0.05, 0) is 12.8 Å². The highest BCUT2D eigenvalue weighted by Gasteiger charge is 2.51. The number of unbranched alkanes of at least 4 members (excludes halogenated alkanes) is 2. The zero-order valence-electron chi connectivity index (χ0n) is 12.9. The summed E-state index contributed by atoms with van der Waals surface area (Å²) in [5, 5.41) is 47.4. The van der Waals surface area contributed by atoms with Crippen molar-refractivity contribution in [3.05, 3.63) is 0 Å². The monoisotopic (exact) mass is 322 g/mol. The van der Waals surface area contributed by atoms with Gasteiger partial charge in [0.1, 0.15) is 12.2 Å².